The Morgan fingerprint density at radius 3 is 2.44 bits per heavy atom. The Morgan fingerprint density at radius 1 is 1.10 bits per heavy atom. The first kappa shape index (κ1) is 30.2. The third-order valence-electron chi connectivity index (χ3n) is 8.05. The second-order valence-corrected chi connectivity index (χ2v) is 11.2. The molecule has 4 amide bonds. The number of carbonyl (C=O) groups excluding carboxylic acids is 3. The first-order chi connectivity index (χ1) is 19.7. The molecule has 41 heavy (non-hydrogen) atoms. The number of hydrogen-bond acceptors (Lipinski definition) is 6. The summed E-state index contributed by atoms with van der Waals surface area (Å²) >= 11 is 0. The molecule has 10 heteroatoms. The van der Waals surface area contributed by atoms with Crippen molar-refractivity contribution in [2.75, 3.05) is 44.5 Å². The molecule has 1 heterocycles. The lowest BCUT2D eigenvalue weighted by Crippen LogP contribution is -2.50. The lowest BCUT2D eigenvalue weighted by molar-refractivity contribution is -0.120. The summed E-state index contributed by atoms with van der Waals surface area (Å²) in [5, 5.41) is 15.8. The third-order valence-corrected chi connectivity index (χ3v) is 8.05. The zero-order chi connectivity index (χ0) is 29.5. The van der Waals surface area contributed by atoms with Gasteiger partial charge in [0.05, 0.1) is 31.9 Å². The number of benzene rings is 2. The van der Waals surface area contributed by atoms with Crippen LogP contribution in [0.15, 0.2) is 42.5 Å². The van der Waals surface area contributed by atoms with Crippen molar-refractivity contribution in [2.45, 2.75) is 58.1 Å². The van der Waals surface area contributed by atoms with E-state index >= 15 is 0 Å². The van der Waals surface area contributed by atoms with Gasteiger partial charge >= 0.3 is 6.03 Å². The van der Waals surface area contributed by atoms with E-state index in [4.69, 9.17) is 9.47 Å². The molecule has 1 saturated carbocycles. The maximum Gasteiger partial charge on any atom is 0.321 e. The Morgan fingerprint density at radius 2 is 1.78 bits per heavy atom. The number of hydrogen-bond donors (Lipinski definition) is 3. The van der Waals surface area contributed by atoms with Gasteiger partial charge in [-0.25, -0.2) is 4.79 Å². The number of fused-ring (bicyclic) bond motifs is 1. The van der Waals surface area contributed by atoms with Crippen LogP contribution in [0.25, 0.3) is 0 Å². The van der Waals surface area contributed by atoms with Crippen LogP contribution < -0.4 is 20.1 Å². The molecule has 1 aliphatic heterocycles. The number of nitrogens with one attached hydrogen (secondary N) is 2. The summed E-state index contributed by atoms with van der Waals surface area (Å²) < 4.78 is 11.6. The van der Waals surface area contributed by atoms with Crippen molar-refractivity contribution >= 4 is 29.2 Å². The molecule has 0 aromatic heterocycles. The van der Waals surface area contributed by atoms with Crippen LogP contribution >= 0.6 is 0 Å². The number of methoxy groups -OCH3 is 1. The van der Waals surface area contributed by atoms with E-state index in [0.29, 0.717) is 35.0 Å². The van der Waals surface area contributed by atoms with Gasteiger partial charge in [0.1, 0.15) is 17.6 Å². The van der Waals surface area contributed by atoms with Gasteiger partial charge in [-0.3, -0.25) is 9.59 Å². The van der Waals surface area contributed by atoms with Crippen LogP contribution in [0.4, 0.5) is 16.2 Å². The van der Waals surface area contributed by atoms with Gasteiger partial charge in [0.25, 0.3) is 5.91 Å². The highest BCUT2D eigenvalue weighted by Gasteiger charge is 2.34. The molecule has 2 aromatic rings. The summed E-state index contributed by atoms with van der Waals surface area (Å²) in [6.07, 6.45) is 4.57. The number of aliphatic hydroxyl groups is 1. The Balaban J connectivity index is 1.53. The van der Waals surface area contributed by atoms with Crippen molar-refractivity contribution in [3.8, 4) is 11.5 Å². The standard InChI is InChI=1S/C31H42N4O6/c1-20-17-35(21(2)19-36)30(38)26-16-24(32-29(37)22-8-6-5-7-9-22)12-15-27(26)41-28(20)18-34(3)31(39)33-23-10-13-25(40-4)14-11-23/h10-16,20-22,28,36H,5-9,17-19H2,1-4H3,(H,32,37)(H,33,39)/t20-,21+,28+/m1/s1. The third kappa shape index (κ3) is 7.49. The summed E-state index contributed by atoms with van der Waals surface area (Å²) in [6, 6.07) is 11.4. The number of urea groups is 1. The monoisotopic (exact) mass is 566 g/mol. The second kappa shape index (κ2) is 13.7. The first-order valence-corrected chi connectivity index (χ1v) is 14.4. The molecule has 0 radical (unpaired) electrons. The fourth-order valence-corrected chi connectivity index (χ4v) is 5.37. The number of amides is 4. The molecule has 1 fully saturated rings. The molecule has 10 nitrogen and oxygen atoms in total. The molecule has 0 bridgehead atoms. The topological polar surface area (TPSA) is 120 Å². The number of carbonyl (C=O) groups is 3. The highest BCUT2D eigenvalue weighted by Crippen LogP contribution is 2.32. The Labute approximate surface area is 242 Å². The van der Waals surface area contributed by atoms with Gasteiger partial charge < -0.3 is 35.0 Å². The van der Waals surface area contributed by atoms with Crippen LogP contribution in [0.2, 0.25) is 0 Å². The van der Waals surface area contributed by atoms with E-state index in [-0.39, 0.29) is 42.8 Å². The molecule has 2 aromatic carbocycles. The number of ether oxygens (including phenoxy) is 2. The predicted octanol–water partition coefficient (Wildman–Crippen LogP) is 4.60. The lowest BCUT2D eigenvalue weighted by atomic mass is 9.88. The highest BCUT2D eigenvalue weighted by atomic mass is 16.5. The molecular formula is C31H42N4O6. The van der Waals surface area contributed by atoms with E-state index < -0.39 is 12.1 Å². The van der Waals surface area contributed by atoms with Crippen molar-refractivity contribution in [2.24, 2.45) is 11.8 Å². The van der Waals surface area contributed by atoms with Gasteiger partial charge in [0.2, 0.25) is 5.91 Å². The fourth-order valence-electron chi connectivity index (χ4n) is 5.37. The van der Waals surface area contributed by atoms with E-state index in [9.17, 15) is 19.5 Å². The Kier molecular flexibility index (Phi) is 10.1. The normalized spacial score (nSPS) is 20.1. The molecular weight excluding hydrogens is 524 g/mol. The number of rotatable bonds is 8. The van der Waals surface area contributed by atoms with E-state index in [1.807, 2.05) is 6.92 Å². The van der Waals surface area contributed by atoms with Crippen molar-refractivity contribution in [1.29, 1.82) is 0 Å². The molecule has 222 valence electrons. The predicted molar refractivity (Wildman–Crippen MR) is 157 cm³/mol. The summed E-state index contributed by atoms with van der Waals surface area (Å²) in [7, 11) is 3.28. The smallest absolute Gasteiger partial charge is 0.321 e. The van der Waals surface area contributed by atoms with Gasteiger partial charge in [-0.2, -0.15) is 0 Å². The van der Waals surface area contributed by atoms with Crippen molar-refractivity contribution in [3.05, 3.63) is 48.0 Å². The van der Waals surface area contributed by atoms with Crippen LogP contribution in [-0.2, 0) is 4.79 Å². The molecule has 0 unspecified atom stereocenters. The second-order valence-electron chi connectivity index (χ2n) is 11.2. The SMILES string of the molecule is COc1ccc(NC(=O)N(C)C[C@@H]2Oc3ccc(NC(=O)C4CCCCC4)cc3C(=O)N([C@@H](C)CO)C[C@H]2C)cc1. The maximum atomic E-state index is 13.7. The largest absolute Gasteiger partial charge is 0.497 e. The van der Waals surface area contributed by atoms with E-state index in [2.05, 4.69) is 10.6 Å². The average Bonchev–Trinajstić information content (AvgIpc) is 2.99. The van der Waals surface area contributed by atoms with Crippen LogP contribution in [-0.4, -0.2) is 78.8 Å². The zero-order valence-electron chi connectivity index (χ0n) is 24.4. The van der Waals surface area contributed by atoms with Crippen LogP contribution in [0.5, 0.6) is 11.5 Å². The number of nitrogens with zero attached hydrogens (tertiary/aromatic N) is 2. The molecule has 3 atom stereocenters. The van der Waals surface area contributed by atoms with Gasteiger partial charge in [-0.15, -0.1) is 0 Å². The van der Waals surface area contributed by atoms with Crippen LogP contribution in [0.1, 0.15) is 56.3 Å². The van der Waals surface area contributed by atoms with E-state index in [0.717, 1.165) is 32.1 Å². The maximum absolute atomic E-state index is 13.7. The summed E-state index contributed by atoms with van der Waals surface area (Å²) in [5.74, 6) is 0.601. The number of likely N-dealkylation sites (N-methyl/N-ethyl adjacent to an activating group) is 1. The molecule has 1 aliphatic carbocycles. The minimum Gasteiger partial charge on any atom is -0.497 e. The van der Waals surface area contributed by atoms with Crippen molar-refractivity contribution in [3.63, 3.8) is 0 Å². The minimum absolute atomic E-state index is 0.0200. The summed E-state index contributed by atoms with van der Waals surface area (Å²) in [5.41, 5.74) is 1.49. The quantitative estimate of drug-likeness (QED) is 0.430. The van der Waals surface area contributed by atoms with E-state index in [1.165, 1.54) is 0 Å². The first-order valence-electron chi connectivity index (χ1n) is 14.4. The van der Waals surface area contributed by atoms with Crippen molar-refractivity contribution in [1.82, 2.24) is 9.80 Å². The molecule has 0 spiro atoms. The minimum atomic E-state index is -0.440. The number of anilines is 2. The zero-order valence-corrected chi connectivity index (χ0v) is 24.4. The van der Waals surface area contributed by atoms with E-state index in [1.54, 1.807) is 73.3 Å². The Bertz CT molecular complexity index is 1210. The van der Waals surface area contributed by atoms with Gasteiger partial charge in [-0.05, 0) is 62.2 Å². The average molecular weight is 567 g/mol. The van der Waals surface area contributed by atoms with Crippen molar-refractivity contribution < 1.29 is 29.0 Å². The molecule has 0 saturated heterocycles. The summed E-state index contributed by atoms with van der Waals surface area (Å²) in [4.78, 5) is 42.8. The van der Waals surface area contributed by atoms with Crippen LogP contribution in [0, 0.1) is 11.8 Å². The Hall–Kier alpha value is -3.79. The molecule has 4 rings (SSSR count). The van der Waals surface area contributed by atoms with Gasteiger partial charge in [0.15, 0.2) is 0 Å². The summed E-state index contributed by atoms with van der Waals surface area (Å²) in [6.45, 7) is 4.16. The number of aliphatic hydroxyl groups excluding tert-OH is 1. The van der Waals surface area contributed by atoms with Crippen LogP contribution in [0.3, 0.4) is 0 Å². The molecule has 2 aliphatic rings. The van der Waals surface area contributed by atoms with Gasteiger partial charge in [0, 0.05) is 36.8 Å². The fraction of sp³-hybridized carbons (Fsp3) is 0.516. The molecule has 3 N–H and O–H groups in total. The van der Waals surface area contributed by atoms with Gasteiger partial charge in [-0.1, -0.05) is 26.2 Å². The highest BCUT2D eigenvalue weighted by molar-refractivity contribution is 6.00. The lowest BCUT2D eigenvalue weighted by Gasteiger charge is -2.38.